The standard InChI is InChI=1S/C13H13N3O2/c17-13(15-18)8-7-12-14-10-3-1-2-4-11(10)16(12)9-5-6-9/h1-4,9H,5-8H2. The van der Waals surface area contributed by atoms with Crippen LogP contribution in [-0.4, -0.2) is 15.5 Å². The number of para-hydroxylation sites is 2. The SMILES string of the molecule is O=NC(=O)CCc1nc2ccccc2n1C1CC1. The van der Waals surface area contributed by atoms with Gasteiger partial charge in [-0.25, -0.2) is 4.98 Å². The Labute approximate surface area is 104 Å². The van der Waals surface area contributed by atoms with E-state index in [0.717, 1.165) is 29.7 Å². The molecule has 0 unspecified atom stereocenters. The molecule has 1 aromatic heterocycles. The van der Waals surface area contributed by atoms with Crippen molar-refractivity contribution in [3.63, 3.8) is 0 Å². The van der Waals surface area contributed by atoms with Gasteiger partial charge in [-0.2, -0.15) is 0 Å². The van der Waals surface area contributed by atoms with E-state index in [0.29, 0.717) is 12.5 Å². The quantitative estimate of drug-likeness (QED) is 0.775. The highest BCUT2D eigenvalue weighted by Crippen LogP contribution is 2.38. The zero-order valence-corrected chi connectivity index (χ0v) is 9.87. The molecule has 1 aromatic carbocycles. The lowest BCUT2D eigenvalue weighted by Gasteiger charge is -2.06. The summed E-state index contributed by atoms with van der Waals surface area (Å²) in [6.07, 6.45) is 2.94. The molecule has 0 saturated heterocycles. The highest BCUT2D eigenvalue weighted by molar-refractivity contribution is 5.78. The van der Waals surface area contributed by atoms with Crippen molar-refractivity contribution in [1.29, 1.82) is 0 Å². The van der Waals surface area contributed by atoms with Crippen LogP contribution in [0.5, 0.6) is 0 Å². The minimum absolute atomic E-state index is 0.138. The first-order valence-electron chi connectivity index (χ1n) is 6.11. The Bertz CT molecular complexity index is 614. The van der Waals surface area contributed by atoms with E-state index < -0.39 is 5.91 Å². The predicted molar refractivity (Wildman–Crippen MR) is 67.1 cm³/mol. The van der Waals surface area contributed by atoms with Gasteiger partial charge in [0.15, 0.2) is 0 Å². The fourth-order valence-electron chi connectivity index (χ4n) is 2.28. The van der Waals surface area contributed by atoms with Crippen molar-refractivity contribution >= 4 is 16.9 Å². The van der Waals surface area contributed by atoms with Crippen molar-refractivity contribution < 1.29 is 4.79 Å². The lowest BCUT2D eigenvalue weighted by Crippen LogP contribution is -2.04. The number of hydrogen-bond donors (Lipinski definition) is 0. The number of fused-ring (bicyclic) bond motifs is 1. The van der Waals surface area contributed by atoms with Crippen LogP contribution < -0.4 is 0 Å². The summed E-state index contributed by atoms with van der Waals surface area (Å²) in [5.41, 5.74) is 2.06. The molecule has 18 heavy (non-hydrogen) atoms. The number of aryl methyl sites for hydroxylation is 1. The van der Waals surface area contributed by atoms with Crippen LogP contribution in [-0.2, 0) is 11.2 Å². The fraction of sp³-hybridized carbons (Fsp3) is 0.385. The van der Waals surface area contributed by atoms with Gasteiger partial charge in [0.25, 0.3) is 5.91 Å². The number of aromatic nitrogens is 2. The largest absolute Gasteiger partial charge is 0.325 e. The summed E-state index contributed by atoms with van der Waals surface area (Å²) >= 11 is 0. The van der Waals surface area contributed by atoms with E-state index in [1.165, 1.54) is 0 Å². The summed E-state index contributed by atoms with van der Waals surface area (Å²) in [5, 5.41) is 2.42. The van der Waals surface area contributed by atoms with Crippen LogP contribution in [0.4, 0.5) is 0 Å². The van der Waals surface area contributed by atoms with Gasteiger partial charge in [-0.05, 0) is 25.0 Å². The van der Waals surface area contributed by atoms with Crippen molar-refractivity contribution in [2.45, 2.75) is 31.7 Å². The number of rotatable bonds is 4. The molecule has 1 amide bonds. The Kier molecular flexibility index (Phi) is 2.66. The zero-order chi connectivity index (χ0) is 12.5. The van der Waals surface area contributed by atoms with Gasteiger partial charge in [0, 0.05) is 24.1 Å². The monoisotopic (exact) mass is 243 g/mol. The zero-order valence-electron chi connectivity index (χ0n) is 9.87. The summed E-state index contributed by atoms with van der Waals surface area (Å²) in [4.78, 5) is 25.6. The Balaban J connectivity index is 1.97. The minimum Gasteiger partial charge on any atom is -0.325 e. The predicted octanol–water partition coefficient (Wildman–Crippen LogP) is 2.60. The number of carbonyl (C=O) groups is 1. The first-order valence-corrected chi connectivity index (χ1v) is 6.11. The molecule has 5 nitrogen and oxygen atoms in total. The van der Waals surface area contributed by atoms with Crippen LogP contribution in [0.1, 0.15) is 31.1 Å². The summed E-state index contributed by atoms with van der Waals surface area (Å²) < 4.78 is 2.20. The molecule has 1 heterocycles. The van der Waals surface area contributed by atoms with Crippen LogP contribution in [0.3, 0.4) is 0 Å². The molecule has 1 saturated carbocycles. The summed E-state index contributed by atoms with van der Waals surface area (Å²) in [6.45, 7) is 0. The van der Waals surface area contributed by atoms with E-state index in [1.807, 2.05) is 24.3 Å². The topological polar surface area (TPSA) is 64.3 Å². The van der Waals surface area contributed by atoms with E-state index in [2.05, 4.69) is 14.7 Å². The number of nitrogens with zero attached hydrogens (tertiary/aromatic N) is 3. The van der Waals surface area contributed by atoms with Gasteiger partial charge >= 0.3 is 0 Å². The van der Waals surface area contributed by atoms with Crippen LogP contribution in [0.25, 0.3) is 11.0 Å². The van der Waals surface area contributed by atoms with Crippen molar-refractivity contribution in [2.75, 3.05) is 0 Å². The van der Waals surface area contributed by atoms with Crippen molar-refractivity contribution in [3.8, 4) is 0 Å². The molecule has 1 aliphatic carbocycles. The molecule has 1 fully saturated rings. The molecule has 0 bridgehead atoms. The smallest absolute Gasteiger partial charge is 0.286 e. The van der Waals surface area contributed by atoms with Crippen molar-refractivity contribution in [3.05, 3.63) is 35.0 Å². The Morgan fingerprint density at radius 1 is 1.39 bits per heavy atom. The fourth-order valence-corrected chi connectivity index (χ4v) is 2.28. The molecule has 1 aliphatic rings. The van der Waals surface area contributed by atoms with E-state index >= 15 is 0 Å². The second-order valence-corrected chi connectivity index (χ2v) is 4.60. The van der Waals surface area contributed by atoms with Crippen molar-refractivity contribution in [1.82, 2.24) is 9.55 Å². The molecule has 5 heteroatoms. The molecule has 0 radical (unpaired) electrons. The highest BCUT2D eigenvalue weighted by Gasteiger charge is 2.28. The molecular formula is C13H13N3O2. The second kappa shape index (κ2) is 4.33. The first-order chi connectivity index (χ1) is 8.79. The van der Waals surface area contributed by atoms with Gasteiger partial charge in [0.2, 0.25) is 0 Å². The number of nitroso groups, excluding NO2 is 1. The van der Waals surface area contributed by atoms with E-state index in [1.54, 1.807) is 0 Å². The average molecular weight is 243 g/mol. The van der Waals surface area contributed by atoms with Gasteiger partial charge in [-0.3, -0.25) is 4.79 Å². The number of carbonyl (C=O) groups excluding carboxylic acids is 1. The molecule has 0 aliphatic heterocycles. The molecule has 0 N–H and O–H groups in total. The average Bonchev–Trinajstić information content (AvgIpc) is 3.16. The highest BCUT2D eigenvalue weighted by atomic mass is 16.3. The third kappa shape index (κ3) is 1.92. The van der Waals surface area contributed by atoms with Crippen LogP contribution in [0, 0.1) is 4.91 Å². The molecular weight excluding hydrogens is 230 g/mol. The summed E-state index contributed by atoms with van der Waals surface area (Å²) in [6, 6.07) is 8.47. The maximum atomic E-state index is 11.0. The van der Waals surface area contributed by atoms with E-state index in [-0.39, 0.29) is 6.42 Å². The molecule has 92 valence electrons. The van der Waals surface area contributed by atoms with Crippen LogP contribution in [0.2, 0.25) is 0 Å². The number of imidazole rings is 1. The summed E-state index contributed by atoms with van der Waals surface area (Å²) in [5.74, 6) is 0.278. The lowest BCUT2D eigenvalue weighted by atomic mass is 10.3. The number of amides is 1. The third-order valence-corrected chi connectivity index (χ3v) is 3.25. The number of benzene rings is 1. The van der Waals surface area contributed by atoms with Crippen LogP contribution >= 0.6 is 0 Å². The Hall–Kier alpha value is -2.04. The third-order valence-electron chi connectivity index (χ3n) is 3.25. The minimum atomic E-state index is -0.607. The van der Waals surface area contributed by atoms with Gasteiger partial charge in [0.1, 0.15) is 5.82 Å². The lowest BCUT2D eigenvalue weighted by molar-refractivity contribution is -0.117. The normalized spacial score (nSPS) is 14.9. The maximum absolute atomic E-state index is 11.0. The molecule has 0 atom stereocenters. The second-order valence-electron chi connectivity index (χ2n) is 4.60. The summed E-state index contributed by atoms with van der Waals surface area (Å²) in [7, 11) is 0. The molecule has 3 rings (SSSR count). The first kappa shape index (κ1) is 11.1. The van der Waals surface area contributed by atoms with Gasteiger partial charge in [0.05, 0.1) is 11.0 Å². The molecule has 0 spiro atoms. The molecule has 2 aromatic rings. The van der Waals surface area contributed by atoms with Crippen molar-refractivity contribution in [2.24, 2.45) is 5.18 Å². The van der Waals surface area contributed by atoms with Gasteiger partial charge < -0.3 is 4.57 Å². The Morgan fingerprint density at radius 2 is 2.17 bits per heavy atom. The Morgan fingerprint density at radius 3 is 2.89 bits per heavy atom. The van der Waals surface area contributed by atoms with Crippen LogP contribution in [0.15, 0.2) is 29.4 Å². The number of hydrogen-bond acceptors (Lipinski definition) is 3. The van der Waals surface area contributed by atoms with Gasteiger partial charge in [-0.1, -0.05) is 12.1 Å². The van der Waals surface area contributed by atoms with E-state index in [4.69, 9.17) is 0 Å². The van der Waals surface area contributed by atoms with Gasteiger partial charge in [-0.15, -0.1) is 4.91 Å². The maximum Gasteiger partial charge on any atom is 0.286 e. The van der Waals surface area contributed by atoms with E-state index in [9.17, 15) is 9.70 Å².